The third kappa shape index (κ3) is 18.1. The minimum Gasteiger partial charge on any atom is -0.0935 e. The second kappa shape index (κ2) is 19.1. The average Bonchev–Trinajstić information content (AvgIpc) is 2.47. The van der Waals surface area contributed by atoms with Crippen LogP contribution in [0.3, 0.4) is 0 Å². The van der Waals surface area contributed by atoms with Crippen molar-refractivity contribution in [1.29, 1.82) is 0 Å². The molecule has 0 amide bonds. The maximum atomic E-state index is 4.83. The van der Waals surface area contributed by atoms with Crippen LogP contribution in [-0.4, -0.2) is 5.37 Å². The molecule has 0 saturated carbocycles. The van der Waals surface area contributed by atoms with Crippen LogP contribution in [-0.2, 0) is 0 Å². The van der Waals surface area contributed by atoms with Crippen molar-refractivity contribution >= 4 is 17.6 Å². The Morgan fingerprint density at radius 2 is 0.800 bits per heavy atom. The molecule has 0 spiro atoms. The second-order valence-electron chi connectivity index (χ2n) is 6.26. The fourth-order valence-corrected chi connectivity index (χ4v) is 2.94. The number of unbranched alkanes of at least 4 members (excludes halogenated alkanes) is 16. The van der Waals surface area contributed by atoms with Crippen LogP contribution in [0.1, 0.15) is 116 Å². The lowest BCUT2D eigenvalue weighted by atomic mass is 10.0. The molecule has 0 aliphatic rings. The maximum absolute atomic E-state index is 4.83. The Balaban J connectivity index is 2.90. The SMILES string of the molecule is CCCCCCCCCCCCCCCCCCC=S. The molecule has 20 heavy (non-hydrogen) atoms. The molecule has 0 radical (unpaired) electrons. The molecule has 0 atom stereocenters. The summed E-state index contributed by atoms with van der Waals surface area (Å²) >= 11 is 4.83. The van der Waals surface area contributed by atoms with E-state index in [1.807, 2.05) is 5.37 Å². The molecule has 0 rings (SSSR count). The van der Waals surface area contributed by atoms with Crippen molar-refractivity contribution in [2.45, 2.75) is 116 Å². The van der Waals surface area contributed by atoms with Gasteiger partial charge in [-0.3, -0.25) is 0 Å². The van der Waals surface area contributed by atoms with Crippen LogP contribution in [0.15, 0.2) is 0 Å². The molecule has 0 aliphatic carbocycles. The van der Waals surface area contributed by atoms with Gasteiger partial charge < -0.3 is 0 Å². The van der Waals surface area contributed by atoms with Crippen LogP contribution >= 0.6 is 12.2 Å². The Morgan fingerprint density at radius 1 is 0.500 bits per heavy atom. The summed E-state index contributed by atoms with van der Waals surface area (Å²) in [5.74, 6) is 0. The van der Waals surface area contributed by atoms with Gasteiger partial charge in [0.15, 0.2) is 0 Å². The van der Waals surface area contributed by atoms with Crippen molar-refractivity contribution in [3.63, 3.8) is 0 Å². The predicted molar refractivity (Wildman–Crippen MR) is 97.8 cm³/mol. The second-order valence-corrected chi connectivity index (χ2v) is 6.59. The zero-order valence-electron chi connectivity index (χ0n) is 14.0. The standard InChI is InChI=1S/C19H38S/c1-2-3-4-5-6-7-8-9-10-11-12-13-14-15-16-17-18-19-20/h19H,2-18H2,1H3. The molecule has 0 N–H and O–H groups in total. The smallest absolute Gasteiger partial charge is 0.0210 e. The third-order valence-corrected chi connectivity index (χ3v) is 4.41. The summed E-state index contributed by atoms with van der Waals surface area (Å²) < 4.78 is 0. The van der Waals surface area contributed by atoms with Gasteiger partial charge in [0.2, 0.25) is 0 Å². The number of hydrogen-bond donors (Lipinski definition) is 0. The molecular weight excluding hydrogens is 260 g/mol. The van der Waals surface area contributed by atoms with E-state index in [0.29, 0.717) is 0 Å². The van der Waals surface area contributed by atoms with Gasteiger partial charge in [0.25, 0.3) is 0 Å². The third-order valence-electron chi connectivity index (χ3n) is 4.18. The molecule has 120 valence electrons. The number of hydrogen-bond acceptors (Lipinski definition) is 1. The fraction of sp³-hybridized carbons (Fsp3) is 0.947. The first-order valence-corrected chi connectivity index (χ1v) is 9.82. The van der Waals surface area contributed by atoms with Crippen molar-refractivity contribution in [3.05, 3.63) is 0 Å². The predicted octanol–water partition coefficient (Wildman–Crippen LogP) is 7.64. The average molecular weight is 299 g/mol. The maximum Gasteiger partial charge on any atom is -0.0210 e. The first-order valence-electron chi connectivity index (χ1n) is 9.35. The van der Waals surface area contributed by atoms with Crippen molar-refractivity contribution < 1.29 is 0 Å². The first-order chi connectivity index (χ1) is 9.91. The van der Waals surface area contributed by atoms with Gasteiger partial charge in [0.05, 0.1) is 0 Å². The highest BCUT2D eigenvalue weighted by Gasteiger charge is 1.94. The highest BCUT2D eigenvalue weighted by molar-refractivity contribution is 7.78. The van der Waals surface area contributed by atoms with E-state index in [-0.39, 0.29) is 0 Å². The summed E-state index contributed by atoms with van der Waals surface area (Å²) in [6.45, 7) is 2.29. The summed E-state index contributed by atoms with van der Waals surface area (Å²) in [4.78, 5) is 0. The zero-order chi connectivity index (χ0) is 14.7. The molecule has 0 aromatic rings. The molecule has 0 heterocycles. The summed E-state index contributed by atoms with van der Waals surface area (Å²) in [7, 11) is 0. The molecule has 0 aromatic heterocycles. The van der Waals surface area contributed by atoms with Gasteiger partial charge in [0, 0.05) is 0 Å². The van der Waals surface area contributed by atoms with E-state index < -0.39 is 0 Å². The van der Waals surface area contributed by atoms with Crippen molar-refractivity contribution in [3.8, 4) is 0 Å². The minimum absolute atomic E-state index is 1.13. The van der Waals surface area contributed by atoms with E-state index in [9.17, 15) is 0 Å². The van der Waals surface area contributed by atoms with Crippen LogP contribution in [0.25, 0.3) is 0 Å². The first kappa shape index (κ1) is 20.1. The summed E-state index contributed by atoms with van der Waals surface area (Å²) in [5.41, 5.74) is 0. The van der Waals surface area contributed by atoms with E-state index in [4.69, 9.17) is 12.2 Å². The number of thiocarbonyl (C=S) groups is 1. The van der Waals surface area contributed by atoms with Crippen LogP contribution in [0, 0.1) is 0 Å². The monoisotopic (exact) mass is 298 g/mol. The normalized spacial score (nSPS) is 10.8. The Hall–Kier alpha value is 0.0900. The molecule has 0 fully saturated rings. The molecule has 0 unspecified atom stereocenters. The lowest BCUT2D eigenvalue weighted by Crippen LogP contribution is -1.83. The summed E-state index contributed by atoms with van der Waals surface area (Å²) in [6, 6.07) is 0. The zero-order valence-corrected chi connectivity index (χ0v) is 14.8. The van der Waals surface area contributed by atoms with Crippen molar-refractivity contribution in [2.75, 3.05) is 0 Å². The molecule has 0 nitrogen and oxygen atoms in total. The van der Waals surface area contributed by atoms with Gasteiger partial charge in [-0.15, -0.1) is 0 Å². The van der Waals surface area contributed by atoms with E-state index >= 15 is 0 Å². The molecule has 0 saturated heterocycles. The highest BCUT2D eigenvalue weighted by Crippen LogP contribution is 2.13. The Labute approximate surface area is 134 Å². The van der Waals surface area contributed by atoms with Gasteiger partial charge in [-0.1, -0.05) is 115 Å². The van der Waals surface area contributed by atoms with Gasteiger partial charge in [-0.05, 0) is 18.2 Å². The number of rotatable bonds is 17. The topological polar surface area (TPSA) is 0 Å². The molecular formula is C19H38S. The summed E-state index contributed by atoms with van der Waals surface area (Å²) in [6.07, 6.45) is 24.2. The van der Waals surface area contributed by atoms with Gasteiger partial charge in [0.1, 0.15) is 0 Å². The molecule has 0 bridgehead atoms. The van der Waals surface area contributed by atoms with Gasteiger partial charge in [-0.2, -0.15) is 0 Å². The van der Waals surface area contributed by atoms with Crippen LogP contribution < -0.4 is 0 Å². The lowest BCUT2D eigenvalue weighted by molar-refractivity contribution is 0.530. The Kier molecular flexibility index (Phi) is 19.2. The molecule has 1 heteroatoms. The largest absolute Gasteiger partial charge is 0.0935 e. The van der Waals surface area contributed by atoms with Gasteiger partial charge >= 0.3 is 0 Å². The van der Waals surface area contributed by atoms with E-state index in [2.05, 4.69) is 6.92 Å². The van der Waals surface area contributed by atoms with Gasteiger partial charge in [-0.25, -0.2) is 0 Å². The quantitative estimate of drug-likeness (QED) is 0.196. The van der Waals surface area contributed by atoms with E-state index in [1.165, 1.54) is 103 Å². The van der Waals surface area contributed by atoms with Crippen molar-refractivity contribution in [1.82, 2.24) is 0 Å². The molecule has 0 aliphatic heterocycles. The fourth-order valence-electron chi connectivity index (χ4n) is 2.78. The van der Waals surface area contributed by atoms with E-state index in [0.717, 1.165) is 6.42 Å². The Morgan fingerprint density at radius 3 is 1.10 bits per heavy atom. The lowest BCUT2D eigenvalue weighted by Gasteiger charge is -2.03. The van der Waals surface area contributed by atoms with Crippen LogP contribution in [0.2, 0.25) is 0 Å². The van der Waals surface area contributed by atoms with Crippen LogP contribution in [0.5, 0.6) is 0 Å². The van der Waals surface area contributed by atoms with Crippen LogP contribution in [0.4, 0.5) is 0 Å². The molecule has 0 aromatic carbocycles. The van der Waals surface area contributed by atoms with Crippen molar-refractivity contribution in [2.24, 2.45) is 0 Å². The van der Waals surface area contributed by atoms with E-state index in [1.54, 1.807) is 0 Å². The highest BCUT2D eigenvalue weighted by atomic mass is 32.1. The summed E-state index contributed by atoms with van der Waals surface area (Å²) in [5, 5.41) is 1.88. The minimum atomic E-state index is 1.13. The Bertz CT molecular complexity index is 177.